The van der Waals surface area contributed by atoms with Gasteiger partial charge in [0.2, 0.25) is 0 Å². The summed E-state index contributed by atoms with van der Waals surface area (Å²) < 4.78 is 62.0. The van der Waals surface area contributed by atoms with Crippen LogP contribution in [0.15, 0.2) is 0 Å². The third-order valence-electron chi connectivity index (χ3n) is 2.60. The Morgan fingerprint density at radius 1 is 1.41 bits per heavy atom. The predicted octanol–water partition coefficient (Wildman–Crippen LogP) is -0.0293. The molecule has 0 aliphatic carbocycles. The van der Waals surface area contributed by atoms with Crippen molar-refractivity contribution in [1.82, 2.24) is 14.8 Å². The van der Waals surface area contributed by atoms with Crippen LogP contribution in [-0.2, 0) is 10.2 Å². The van der Waals surface area contributed by atoms with Gasteiger partial charge < -0.3 is 5.32 Å². The van der Waals surface area contributed by atoms with Crippen molar-refractivity contribution in [3.8, 4) is 0 Å². The predicted molar refractivity (Wildman–Crippen MR) is 56.6 cm³/mol. The van der Waals surface area contributed by atoms with E-state index in [1.54, 1.807) is 0 Å². The molecule has 0 aromatic carbocycles. The van der Waals surface area contributed by atoms with Gasteiger partial charge in [-0.1, -0.05) is 6.92 Å². The molecule has 0 amide bonds. The van der Waals surface area contributed by atoms with Crippen molar-refractivity contribution in [2.75, 3.05) is 19.6 Å². The Morgan fingerprint density at radius 3 is 2.59 bits per heavy atom. The van der Waals surface area contributed by atoms with Crippen molar-refractivity contribution in [1.29, 1.82) is 0 Å². The first-order valence-corrected chi connectivity index (χ1v) is 6.72. The Bertz CT molecular complexity index is 344. The zero-order valence-corrected chi connectivity index (χ0v) is 10.2. The van der Waals surface area contributed by atoms with Gasteiger partial charge in [-0.25, -0.2) is 0 Å². The molecule has 0 aromatic rings. The van der Waals surface area contributed by atoms with Crippen molar-refractivity contribution in [3.63, 3.8) is 0 Å². The molecule has 0 bridgehead atoms. The van der Waals surface area contributed by atoms with Gasteiger partial charge in [-0.3, -0.25) is 0 Å². The van der Waals surface area contributed by atoms with Gasteiger partial charge in [0, 0.05) is 12.6 Å². The average Bonchev–Trinajstić information content (AvgIpc) is 2.18. The molecule has 1 aliphatic rings. The molecule has 1 saturated heterocycles. The SMILES string of the molecule is CC1CCNCC1NS(=O)(=O)NCC(F)(F)F. The lowest BCUT2D eigenvalue weighted by molar-refractivity contribution is -0.121. The van der Waals surface area contributed by atoms with Crippen molar-refractivity contribution in [2.45, 2.75) is 25.6 Å². The normalized spacial score (nSPS) is 27.1. The number of hydrogen-bond acceptors (Lipinski definition) is 3. The maximum atomic E-state index is 11.9. The molecule has 0 spiro atoms. The van der Waals surface area contributed by atoms with E-state index in [1.807, 2.05) is 6.92 Å². The van der Waals surface area contributed by atoms with E-state index in [4.69, 9.17) is 0 Å². The fraction of sp³-hybridized carbons (Fsp3) is 1.00. The molecule has 1 fully saturated rings. The quantitative estimate of drug-likeness (QED) is 0.675. The molecule has 102 valence electrons. The highest BCUT2D eigenvalue weighted by atomic mass is 32.2. The molecule has 1 rings (SSSR count). The zero-order chi connectivity index (χ0) is 13.1. The van der Waals surface area contributed by atoms with Crippen LogP contribution in [0.3, 0.4) is 0 Å². The van der Waals surface area contributed by atoms with E-state index >= 15 is 0 Å². The minimum atomic E-state index is -4.55. The van der Waals surface area contributed by atoms with Crippen LogP contribution in [0.2, 0.25) is 0 Å². The lowest BCUT2D eigenvalue weighted by atomic mass is 9.96. The molecular weight excluding hydrogens is 259 g/mol. The molecule has 2 atom stereocenters. The monoisotopic (exact) mass is 275 g/mol. The van der Waals surface area contributed by atoms with Gasteiger partial charge in [-0.2, -0.15) is 31.0 Å². The molecule has 0 aromatic heterocycles. The largest absolute Gasteiger partial charge is 0.402 e. The van der Waals surface area contributed by atoms with E-state index in [0.717, 1.165) is 13.0 Å². The molecule has 3 N–H and O–H groups in total. The number of alkyl halides is 3. The van der Waals surface area contributed by atoms with Crippen LogP contribution in [0.4, 0.5) is 13.2 Å². The Labute approximate surface area is 98.3 Å². The van der Waals surface area contributed by atoms with E-state index < -0.39 is 22.9 Å². The zero-order valence-electron chi connectivity index (χ0n) is 9.34. The summed E-state index contributed by atoms with van der Waals surface area (Å²) in [4.78, 5) is 0. The van der Waals surface area contributed by atoms with Crippen LogP contribution in [0.25, 0.3) is 0 Å². The first-order valence-electron chi connectivity index (χ1n) is 5.24. The van der Waals surface area contributed by atoms with Crippen LogP contribution < -0.4 is 14.8 Å². The summed E-state index contributed by atoms with van der Waals surface area (Å²) in [7, 11) is -4.11. The summed E-state index contributed by atoms with van der Waals surface area (Å²) in [5, 5.41) is 2.98. The van der Waals surface area contributed by atoms with E-state index in [2.05, 4.69) is 10.0 Å². The van der Waals surface area contributed by atoms with Crippen molar-refractivity contribution < 1.29 is 21.6 Å². The molecule has 1 aliphatic heterocycles. The molecular formula is C8H16F3N3O2S. The Kier molecular flexibility index (Phi) is 4.76. The summed E-state index contributed by atoms with van der Waals surface area (Å²) in [5.74, 6) is 0.0960. The van der Waals surface area contributed by atoms with Crippen LogP contribution >= 0.6 is 0 Å². The molecule has 1 heterocycles. The van der Waals surface area contributed by atoms with Crippen LogP contribution in [0.5, 0.6) is 0 Å². The van der Waals surface area contributed by atoms with Crippen LogP contribution in [0.1, 0.15) is 13.3 Å². The number of rotatable bonds is 4. The topological polar surface area (TPSA) is 70.2 Å². The second kappa shape index (κ2) is 5.51. The van der Waals surface area contributed by atoms with Gasteiger partial charge in [0.1, 0.15) is 6.54 Å². The second-order valence-electron chi connectivity index (χ2n) is 4.13. The summed E-state index contributed by atoms with van der Waals surface area (Å²) in [6.07, 6.45) is -3.77. The van der Waals surface area contributed by atoms with Crippen LogP contribution in [-0.4, -0.2) is 40.3 Å². The Balaban J connectivity index is 2.48. The molecule has 0 saturated carbocycles. The lowest BCUT2D eigenvalue weighted by Crippen LogP contribution is -2.53. The number of halogens is 3. The van der Waals surface area contributed by atoms with Gasteiger partial charge in [0.05, 0.1) is 0 Å². The van der Waals surface area contributed by atoms with Crippen molar-refractivity contribution in [3.05, 3.63) is 0 Å². The molecule has 9 heteroatoms. The highest BCUT2D eigenvalue weighted by Gasteiger charge is 2.31. The van der Waals surface area contributed by atoms with Crippen molar-refractivity contribution >= 4 is 10.2 Å². The molecule has 0 radical (unpaired) electrons. The third-order valence-corrected chi connectivity index (χ3v) is 3.73. The maximum Gasteiger partial charge on any atom is 0.402 e. The van der Waals surface area contributed by atoms with Crippen molar-refractivity contribution in [2.24, 2.45) is 5.92 Å². The number of piperidine rings is 1. The molecule has 5 nitrogen and oxygen atoms in total. The van der Waals surface area contributed by atoms with E-state index in [9.17, 15) is 21.6 Å². The fourth-order valence-corrected chi connectivity index (χ4v) is 2.72. The van der Waals surface area contributed by atoms with E-state index in [0.29, 0.717) is 6.54 Å². The Morgan fingerprint density at radius 2 is 2.06 bits per heavy atom. The second-order valence-corrected chi connectivity index (χ2v) is 5.67. The highest BCUT2D eigenvalue weighted by molar-refractivity contribution is 7.87. The van der Waals surface area contributed by atoms with Gasteiger partial charge >= 0.3 is 6.18 Å². The van der Waals surface area contributed by atoms with Gasteiger partial charge in [0.15, 0.2) is 0 Å². The average molecular weight is 275 g/mol. The van der Waals surface area contributed by atoms with E-state index in [-0.39, 0.29) is 12.0 Å². The summed E-state index contributed by atoms with van der Waals surface area (Å²) in [6.45, 7) is 1.51. The third kappa shape index (κ3) is 5.66. The maximum absolute atomic E-state index is 11.9. The minimum Gasteiger partial charge on any atom is -0.315 e. The van der Waals surface area contributed by atoms with Gasteiger partial charge in [0.25, 0.3) is 10.2 Å². The lowest BCUT2D eigenvalue weighted by Gasteiger charge is -2.29. The van der Waals surface area contributed by atoms with Gasteiger partial charge in [-0.15, -0.1) is 0 Å². The first kappa shape index (κ1) is 14.7. The van der Waals surface area contributed by atoms with E-state index in [1.165, 1.54) is 4.72 Å². The summed E-state index contributed by atoms with van der Waals surface area (Å²) in [5.41, 5.74) is 0. The number of hydrogen-bond donors (Lipinski definition) is 3. The van der Waals surface area contributed by atoms with Crippen LogP contribution in [0, 0.1) is 5.92 Å². The summed E-state index contributed by atoms with van der Waals surface area (Å²) >= 11 is 0. The van der Waals surface area contributed by atoms with Gasteiger partial charge in [-0.05, 0) is 18.9 Å². The standard InChI is InChI=1S/C8H16F3N3O2S/c1-6-2-3-12-4-7(6)14-17(15,16)13-5-8(9,10)11/h6-7,12-14H,2-5H2,1H3. The number of nitrogens with one attached hydrogen (secondary N) is 3. The minimum absolute atomic E-state index is 0.0960. The molecule has 2 unspecified atom stereocenters. The highest BCUT2D eigenvalue weighted by Crippen LogP contribution is 2.14. The molecule has 17 heavy (non-hydrogen) atoms. The summed E-state index contributed by atoms with van der Waals surface area (Å²) in [6, 6.07) is -0.380. The fourth-order valence-electron chi connectivity index (χ4n) is 1.57. The first-order chi connectivity index (χ1) is 7.70. The smallest absolute Gasteiger partial charge is 0.315 e. The Hall–Kier alpha value is -0.380.